The van der Waals surface area contributed by atoms with Crippen molar-refractivity contribution >= 4 is 21.6 Å². The van der Waals surface area contributed by atoms with Gasteiger partial charge in [0, 0.05) is 35.8 Å². The molecule has 1 saturated carbocycles. The second-order valence-electron chi connectivity index (χ2n) is 5.79. The monoisotopic (exact) mass is 347 g/mol. The third kappa shape index (κ3) is 2.82. The Morgan fingerprint density at radius 1 is 1.29 bits per heavy atom. The molecule has 1 aromatic carbocycles. The SMILES string of the molecule is Brc1ccc(CNC2CC2)c(N2CCn3cnnc3C2)c1. The molecule has 0 unspecified atom stereocenters. The van der Waals surface area contributed by atoms with Crippen LogP contribution in [-0.4, -0.2) is 27.4 Å². The molecule has 4 rings (SSSR count). The summed E-state index contributed by atoms with van der Waals surface area (Å²) in [5.41, 5.74) is 2.66. The molecule has 0 amide bonds. The zero-order chi connectivity index (χ0) is 14.2. The van der Waals surface area contributed by atoms with Crippen LogP contribution in [0, 0.1) is 0 Å². The largest absolute Gasteiger partial charge is 0.362 e. The lowest BCUT2D eigenvalue weighted by Crippen LogP contribution is -2.34. The Morgan fingerprint density at radius 2 is 2.19 bits per heavy atom. The van der Waals surface area contributed by atoms with E-state index in [2.05, 4.69) is 59.1 Å². The number of aromatic nitrogens is 3. The van der Waals surface area contributed by atoms with Crippen molar-refractivity contribution in [1.82, 2.24) is 20.1 Å². The van der Waals surface area contributed by atoms with Crippen LogP contribution in [0.5, 0.6) is 0 Å². The Labute approximate surface area is 132 Å². The minimum atomic E-state index is 0.728. The summed E-state index contributed by atoms with van der Waals surface area (Å²) in [5.74, 6) is 1.04. The maximum absolute atomic E-state index is 4.21. The van der Waals surface area contributed by atoms with Gasteiger partial charge in [-0.05, 0) is 30.5 Å². The maximum atomic E-state index is 4.21. The number of anilines is 1. The average molecular weight is 348 g/mol. The predicted molar refractivity (Wildman–Crippen MR) is 85.1 cm³/mol. The normalized spacial score (nSPS) is 17.9. The summed E-state index contributed by atoms with van der Waals surface area (Å²) in [4.78, 5) is 2.40. The molecule has 1 aliphatic carbocycles. The molecule has 2 aromatic rings. The van der Waals surface area contributed by atoms with Crippen LogP contribution in [0.3, 0.4) is 0 Å². The van der Waals surface area contributed by atoms with Gasteiger partial charge in [-0.3, -0.25) is 0 Å². The summed E-state index contributed by atoms with van der Waals surface area (Å²) in [7, 11) is 0. The van der Waals surface area contributed by atoms with Crippen LogP contribution in [0.4, 0.5) is 5.69 Å². The molecule has 0 bridgehead atoms. The van der Waals surface area contributed by atoms with E-state index in [-0.39, 0.29) is 0 Å². The Bertz CT molecular complexity index is 649. The van der Waals surface area contributed by atoms with Gasteiger partial charge in [0.1, 0.15) is 6.33 Å². The summed E-state index contributed by atoms with van der Waals surface area (Å²) in [6, 6.07) is 7.29. The van der Waals surface area contributed by atoms with Crippen LogP contribution < -0.4 is 10.2 Å². The van der Waals surface area contributed by atoms with Crippen molar-refractivity contribution in [3.05, 3.63) is 40.4 Å². The van der Waals surface area contributed by atoms with Crippen molar-refractivity contribution in [2.24, 2.45) is 0 Å². The summed E-state index contributed by atoms with van der Waals surface area (Å²) in [6.45, 7) is 3.71. The fraction of sp³-hybridized carbons (Fsp3) is 0.467. The molecular weight excluding hydrogens is 330 g/mol. The van der Waals surface area contributed by atoms with Gasteiger partial charge in [0.2, 0.25) is 0 Å². The quantitative estimate of drug-likeness (QED) is 0.921. The van der Waals surface area contributed by atoms with E-state index in [1.807, 2.05) is 6.33 Å². The van der Waals surface area contributed by atoms with Gasteiger partial charge < -0.3 is 14.8 Å². The van der Waals surface area contributed by atoms with E-state index in [1.54, 1.807) is 0 Å². The smallest absolute Gasteiger partial charge is 0.152 e. The third-order valence-electron chi connectivity index (χ3n) is 4.19. The summed E-state index contributed by atoms with van der Waals surface area (Å²) < 4.78 is 3.26. The fourth-order valence-electron chi connectivity index (χ4n) is 2.79. The molecule has 1 fully saturated rings. The van der Waals surface area contributed by atoms with Gasteiger partial charge in [-0.25, -0.2) is 0 Å². The molecule has 1 aromatic heterocycles. The van der Waals surface area contributed by atoms with Gasteiger partial charge >= 0.3 is 0 Å². The van der Waals surface area contributed by atoms with E-state index < -0.39 is 0 Å². The van der Waals surface area contributed by atoms with Crippen LogP contribution in [0.15, 0.2) is 29.0 Å². The molecule has 0 atom stereocenters. The van der Waals surface area contributed by atoms with Gasteiger partial charge in [0.15, 0.2) is 5.82 Å². The van der Waals surface area contributed by atoms with Crippen molar-refractivity contribution in [2.75, 3.05) is 11.4 Å². The van der Waals surface area contributed by atoms with Gasteiger partial charge in [0.25, 0.3) is 0 Å². The van der Waals surface area contributed by atoms with Crippen LogP contribution in [0.2, 0.25) is 0 Å². The first-order valence-electron chi connectivity index (χ1n) is 7.43. The van der Waals surface area contributed by atoms with Crippen molar-refractivity contribution in [3.8, 4) is 0 Å². The summed E-state index contributed by atoms with van der Waals surface area (Å²) >= 11 is 3.60. The lowest BCUT2D eigenvalue weighted by atomic mass is 10.1. The number of fused-ring (bicyclic) bond motifs is 1. The van der Waals surface area contributed by atoms with Gasteiger partial charge in [-0.2, -0.15) is 0 Å². The highest BCUT2D eigenvalue weighted by Crippen LogP contribution is 2.29. The van der Waals surface area contributed by atoms with E-state index in [4.69, 9.17) is 0 Å². The van der Waals surface area contributed by atoms with Crippen molar-refractivity contribution in [3.63, 3.8) is 0 Å². The molecular formula is C15H18BrN5. The number of rotatable bonds is 4. The first-order valence-corrected chi connectivity index (χ1v) is 8.22. The lowest BCUT2D eigenvalue weighted by Gasteiger charge is -2.31. The van der Waals surface area contributed by atoms with E-state index >= 15 is 0 Å². The Morgan fingerprint density at radius 3 is 3.05 bits per heavy atom. The molecule has 1 N–H and O–H groups in total. The van der Waals surface area contributed by atoms with Crippen molar-refractivity contribution in [1.29, 1.82) is 0 Å². The number of benzene rings is 1. The summed E-state index contributed by atoms with van der Waals surface area (Å²) in [5, 5.41) is 11.8. The fourth-order valence-corrected chi connectivity index (χ4v) is 3.14. The molecule has 0 spiro atoms. The first kappa shape index (κ1) is 13.3. The number of hydrogen-bond donors (Lipinski definition) is 1. The number of nitrogens with zero attached hydrogens (tertiary/aromatic N) is 4. The highest BCUT2D eigenvalue weighted by Gasteiger charge is 2.23. The second-order valence-corrected chi connectivity index (χ2v) is 6.71. The lowest BCUT2D eigenvalue weighted by molar-refractivity contribution is 0.557. The van der Waals surface area contributed by atoms with Crippen molar-refractivity contribution in [2.45, 2.75) is 38.5 Å². The molecule has 6 heteroatoms. The number of halogens is 1. The molecule has 0 radical (unpaired) electrons. The number of hydrogen-bond acceptors (Lipinski definition) is 4. The number of nitrogens with one attached hydrogen (secondary N) is 1. The van der Waals surface area contributed by atoms with Crippen LogP contribution in [0.1, 0.15) is 24.2 Å². The standard InChI is InChI=1S/C15H18BrN5/c16-12-2-1-11(8-17-13-3-4-13)14(7-12)20-5-6-21-10-18-19-15(21)9-20/h1-2,7,10,13,17H,3-6,8-9H2. The Balaban J connectivity index is 1.59. The van der Waals surface area contributed by atoms with Gasteiger partial charge in [-0.1, -0.05) is 22.0 Å². The maximum Gasteiger partial charge on any atom is 0.152 e. The molecule has 2 aliphatic rings. The minimum Gasteiger partial charge on any atom is -0.362 e. The van der Waals surface area contributed by atoms with Crippen LogP contribution in [0.25, 0.3) is 0 Å². The molecule has 110 valence electrons. The Hall–Kier alpha value is -1.40. The highest BCUT2D eigenvalue weighted by atomic mass is 79.9. The molecule has 5 nitrogen and oxygen atoms in total. The van der Waals surface area contributed by atoms with E-state index in [0.717, 1.165) is 42.5 Å². The van der Waals surface area contributed by atoms with Crippen LogP contribution >= 0.6 is 15.9 Å². The average Bonchev–Trinajstić information content (AvgIpc) is 3.21. The molecule has 21 heavy (non-hydrogen) atoms. The van der Waals surface area contributed by atoms with Gasteiger partial charge in [-0.15, -0.1) is 10.2 Å². The third-order valence-corrected chi connectivity index (χ3v) is 4.68. The zero-order valence-corrected chi connectivity index (χ0v) is 13.4. The van der Waals surface area contributed by atoms with Crippen LogP contribution in [-0.2, 0) is 19.6 Å². The Kier molecular flexibility index (Phi) is 3.43. The van der Waals surface area contributed by atoms with E-state index in [0.29, 0.717) is 0 Å². The predicted octanol–water partition coefficient (Wildman–Crippen LogP) is 2.31. The zero-order valence-electron chi connectivity index (χ0n) is 11.8. The topological polar surface area (TPSA) is 46.0 Å². The highest BCUT2D eigenvalue weighted by molar-refractivity contribution is 9.10. The molecule has 0 saturated heterocycles. The van der Waals surface area contributed by atoms with Gasteiger partial charge in [0.05, 0.1) is 6.54 Å². The molecule has 2 heterocycles. The first-order chi connectivity index (χ1) is 10.3. The molecule has 1 aliphatic heterocycles. The van der Waals surface area contributed by atoms with E-state index in [9.17, 15) is 0 Å². The van der Waals surface area contributed by atoms with Crippen molar-refractivity contribution < 1.29 is 0 Å². The second kappa shape index (κ2) is 5.42. The van der Waals surface area contributed by atoms with E-state index in [1.165, 1.54) is 24.1 Å². The summed E-state index contributed by atoms with van der Waals surface area (Å²) in [6.07, 6.45) is 4.46. The minimum absolute atomic E-state index is 0.728.